The third kappa shape index (κ3) is 3.65. The Morgan fingerprint density at radius 3 is 2.00 bits per heavy atom. The highest BCUT2D eigenvalue weighted by Crippen LogP contribution is 2.16. The van der Waals surface area contributed by atoms with Gasteiger partial charge in [-0.25, -0.2) is 0 Å². The van der Waals surface area contributed by atoms with E-state index < -0.39 is 0 Å². The summed E-state index contributed by atoms with van der Waals surface area (Å²) in [6, 6.07) is 7.56. The van der Waals surface area contributed by atoms with Gasteiger partial charge in [-0.05, 0) is 30.5 Å². The Morgan fingerprint density at radius 2 is 1.55 bits per heavy atom. The number of rotatable bonds is 4. The molecule has 1 fully saturated rings. The highest BCUT2D eigenvalue weighted by molar-refractivity contribution is 5.94. The molecule has 1 saturated heterocycles. The summed E-state index contributed by atoms with van der Waals surface area (Å²) in [4.78, 5) is 27.6. The lowest BCUT2D eigenvalue weighted by Crippen LogP contribution is -2.54. The first kappa shape index (κ1) is 16.5. The van der Waals surface area contributed by atoms with Crippen molar-refractivity contribution in [3.8, 4) is 0 Å². The molecule has 0 aromatic heterocycles. The van der Waals surface area contributed by atoms with Crippen molar-refractivity contribution >= 4 is 11.8 Å². The quantitative estimate of drug-likeness (QED) is 0.915. The lowest BCUT2D eigenvalue weighted by atomic mass is 10.0. The van der Waals surface area contributed by atoms with Gasteiger partial charge in [0.1, 0.15) is 0 Å². The van der Waals surface area contributed by atoms with Crippen LogP contribution in [0.4, 0.5) is 0 Å². The number of carbonyl (C=O) groups excluding carboxylic acids is 2. The molecule has 0 bridgehead atoms. The van der Waals surface area contributed by atoms with Gasteiger partial charge in [0.25, 0.3) is 5.91 Å². The van der Waals surface area contributed by atoms with E-state index in [2.05, 4.69) is 13.8 Å². The van der Waals surface area contributed by atoms with Crippen LogP contribution in [0.3, 0.4) is 0 Å². The Kier molecular flexibility index (Phi) is 5.19. The molecule has 1 aliphatic heterocycles. The van der Waals surface area contributed by atoms with Crippen molar-refractivity contribution in [2.24, 2.45) is 5.73 Å². The average molecular weight is 303 g/mol. The largest absolute Gasteiger partial charge is 0.368 e. The van der Waals surface area contributed by atoms with Gasteiger partial charge in [0.15, 0.2) is 0 Å². The van der Waals surface area contributed by atoms with Gasteiger partial charge in [-0.2, -0.15) is 0 Å². The maximum absolute atomic E-state index is 12.5. The lowest BCUT2D eigenvalue weighted by Gasteiger charge is -2.37. The Hall–Kier alpha value is -1.88. The molecular formula is C17H25N3O2. The fourth-order valence-electron chi connectivity index (χ4n) is 2.69. The van der Waals surface area contributed by atoms with Gasteiger partial charge < -0.3 is 10.6 Å². The highest BCUT2D eigenvalue weighted by Gasteiger charge is 2.26. The van der Waals surface area contributed by atoms with Crippen LogP contribution >= 0.6 is 0 Å². The van der Waals surface area contributed by atoms with E-state index in [1.807, 2.05) is 41.0 Å². The Labute approximate surface area is 132 Å². The van der Waals surface area contributed by atoms with Crippen LogP contribution < -0.4 is 5.73 Å². The van der Waals surface area contributed by atoms with Crippen LogP contribution in [0.25, 0.3) is 0 Å². The zero-order chi connectivity index (χ0) is 16.3. The fraction of sp³-hybridized carbons (Fsp3) is 0.529. The van der Waals surface area contributed by atoms with Crippen LogP contribution in [0.15, 0.2) is 24.3 Å². The average Bonchev–Trinajstić information content (AvgIpc) is 2.53. The van der Waals surface area contributed by atoms with E-state index in [1.165, 1.54) is 5.56 Å². The summed E-state index contributed by atoms with van der Waals surface area (Å²) in [5, 5.41) is 0. The molecule has 1 aliphatic rings. The van der Waals surface area contributed by atoms with Crippen LogP contribution in [0.1, 0.15) is 42.6 Å². The molecule has 2 N–H and O–H groups in total. The third-order valence-corrected chi connectivity index (χ3v) is 4.39. The number of amides is 2. The highest BCUT2D eigenvalue weighted by atomic mass is 16.2. The van der Waals surface area contributed by atoms with E-state index in [0.717, 1.165) is 5.56 Å². The van der Waals surface area contributed by atoms with E-state index in [1.54, 1.807) is 0 Å². The Morgan fingerprint density at radius 1 is 1.00 bits per heavy atom. The lowest BCUT2D eigenvalue weighted by molar-refractivity contribution is -0.123. The second-order valence-electron chi connectivity index (χ2n) is 6.18. The summed E-state index contributed by atoms with van der Waals surface area (Å²) in [5.74, 6) is 0.203. The maximum atomic E-state index is 12.5. The molecule has 2 amide bonds. The molecule has 5 nitrogen and oxygen atoms in total. The number of nitrogens with zero attached hydrogens (tertiary/aromatic N) is 2. The first-order chi connectivity index (χ1) is 10.4. The normalized spacial score (nSPS) is 17.5. The molecule has 0 saturated carbocycles. The number of benzene rings is 1. The number of piperazine rings is 1. The van der Waals surface area contributed by atoms with Crippen LogP contribution in [-0.4, -0.2) is 53.8 Å². The van der Waals surface area contributed by atoms with Crippen LogP contribution in [0.5, 0.6) is 0 Å². The molecule has 0 radical (unpaired) electrons. The van der Waals surface area contributed by atoms with E-state index >= 15 is 0 Å². The fourth-order valence-corrected chi connectivity index (χ4v) is 2.69. The van der Waals surface area contributed by atoms with Gasteiger partial charge in [0.2, 0.25) is 5.91 Å². The monoisotopic (exact) mass is 303 g/mol. The predicted octanol–water partition coefficient (Wildman–Crippen LogP) is 1.44. The minimum atomic E-state index is -0.316. The molecule has 120 valence electrons. The first-order valence-electron chi connectivity index (χ1n) is 7.82. The Bertz CT molecular complexity index is 531. The smallest absolute Gasteiger partial charge is 0.253 e. The number of hydrogen-bond donors (Lipinski definition) is 1. The first-order valence-corrected chi connectivity index (χ1v) is 7.82. The van der Waals surface area contributed by atoms with Gasteiger partial charge in [-0.15, -0.1) is 0 Å². The van der Waals surface area contributed by atoms with E-state index in [0.29, 0.717) is 32.1 Å². The van der Waals surface area contributed by atoms with Crippen LogP contribution in [0, 0.1) is 0 Å². The second-order valence-corrected chi connectivity index (χ2v) is 6.18. The van der Waals surface area contributed by atoms with Gasteiger partial charge in [0, 0.05) is 31.7 Å². The SMILES string of the molecule is CC(C)c1ccc(C(=O)N2CCN(C(C)C(N)=O)CC2)cc1. The molecule has 5 heteroatoms. The molecule has 1 heterocycles. The second kappa shape index (κ2) is 6.92. The molecule has 1 aromatic carbocycles. The summed E-state index contributed by atoms with van der Waals surface area (Å²) < 4.78 is 0. The summed E-state index contributed by atoms with van der Waals surface area (Å²) in [7, 11) is 0. The van der Waals surface area contributed by atoms with E-state index in [-0.39, 0.29) is 17.9 Å². The molecule has 0 aliphatic carbocycles. The van der Waals surface area contributed by atoms with Crippen molar-refractivity contribution in [2.45, 2.75) is 32.7 Å². The van der Waals surface area contributed by atoms with Crippen molar-refractivity contribution in [1.29, 1.82) is 0 Å². The number of hydrogen-bond acceptors (Lipinski definition) is 3. The van der Waals surface area contributed by atoms with Gasteiger partial charge in [-0.1, -0.05) is 26.0 Å². The van der Waals surface area contributed by atoms with E-state index in [4.69, 9.17) is 5.73 Å². The van der Waals surface area contributed by atoms with Crippen molar-refractivity contribution in [3.63, 3.8) is 0 Å². The number of carbonyl (C=O) groups is 2. The van der Waals surface area contributed by atoms with Crippen molar-refractivity contribution in [3.05, 3.63) is 35.4 Å². The molecule has 22 heavy (non-hydrogen) atoms. The van der Waals surface area contributed by atoms with Gasteiger partial charge in [-0.3, -0.25) is 14.5 Å². The summed E-state index contributed by atoms with van der Waals surface area (Å²) in [6.07, 6.45) is 0. The molecule has 0 spiro atoms. The minimum Gasteiger partial charge on any atom is -0.368 e. The standard InChI is InChI=1S/C17H25N3O2/c1-12(2)14-4-6-15(7-5-14)17(22)20-10-8-19(9-11-20)13(3)16(18)21/h4-7,12-13H,8-11H2,1-3H3,(H2,18,21). The summed E-state index contributed by atoms with van der Waals surface area (Å²) in [5.41, 5.74) is 7.29. The van der Waals surface area contributed by atoms with Crippen LogP contribution in [0.2, 0.25) is 0 Å². The topological polar surface area (TPSA) is 66.6 Å². The summed E-state index contributed by atoms with van der Waals surface area (Å²) >= 11 is 0. The van der Waals surface area contributed by atoms with Crippen molar-refractivity contribution < 1.29 is 9.59 Å². The van der Waals surface area contributed by atoms with Gasteiger partial charge in [0.05, 0.1) is 6.04 Å². The molecule has 1 aromatic rings. The van der Waals surface area contributed by atoms with Crippen molar-refractivity contribution in [1.82, 2.24) is 9.80 Å². The zero-order valence-corrected chi connectivity index (χ0v) is 13.6. The zero-order valence-electron chi connectivity index (χ0n) is 13.6. The third-order valence-electron chi connectivity index (χ3n) is 4.39. The number of nitrogens with two attached hydrogens (primary N) is 1. The molecule has 1 unspecified atom stereocenters. The maximum Gasteiger partial charge on any atom is 0.253 e. The summed E-state index contributed by atoms with van der Waals surface area (Å²) in [6.45, 7) is 8.70. The molecule has 1 atom stereocenters. The van der Waals surface area contributed by atoms with Crippen LogP contribution in [-0.2, 0) is 4.79 Å². The van der Waals surface area contributed by atoms with Gasteiger partial charge >= 0.3 is 0 Å². The predicted molar refractivity (Wildman–Crippen MR) is 86.7 cm³/mol. The Balaban J connectivity index is 1.96. The van der Waals surface area contributed by atoms with E-state index in [9.17, 15) is 9.59 Å². The minimum absolute atomic E-state index is 0.0571. The number of primary amides is 1. The molecular weight excluding hydrogens is 278 g/mol. The van der Waals surface area contributed by atoms with Crippen molar-refractivity contribution in [2.75, 3.05) is 26.2 Å². The molecule has 2 rings (SSSR count).